The Bertz CT molecular complexity index is 427. The molecule has 3 nitrogen and oxygen atoms in total. The zero-order chi connectivity index (χ0) is 11.6. The molecule has 0 bridgehead atoms. The first-order chi connectivity index (χ1) is 6.85. The van der Waals surface area contributed by atoms with E-state index in [0.717, 1.165) is 6.20 Å². The van der Waals surface area contributed by atoms with E-state index < -0.39 is 12.2 Å². The average Bonchev–Trinajstić information content (AvgIpc) is 2.09. The van der Waals surface area contributed by atoms with Crippen molar-refractivity contribution < 1.29 is 17.9 Å². The molecule has 15 heavy (non-hydrogen) atoms. The van der Waals surface area contributed by atoms with Gasteiger partial charge in [-0.2, -0.15) is 5.26 Å². The molecule has 0 saturated heterocycles. The summed E-state index contributed by atoms with van der Waals surface area (Å²) in [5, 5.41) is 8.70. The molecule has 0 fully saturated rings. The lowest BCUT2D eigenvalue weighted by atomic mass is 10.3. The number of pyridine rings is 1. The molecule has 0 saturated carbocycles. The van der Waals surface area contributed by atoms with Crippen molar-refractivity contribution in [1.82, 2.24) is 4.98 Å². The molecule has 1 aromatic heterocycles. The van der Waals surface area contributed by atoms with Gasteiger partial charge in [0.15, 0.2) is 0 Å². The van der Waals surface area contributed by atoms with Gasteiger partial charge in [-0.05, 0) is 45.2 Å². The molecule has 0 aliphatic heterocycles. The van der Waals surface area contributed by atoms with Crippen LogP contribution in [0.1, 0.15) is 5.56 Å². The SMILES string of the molecule is N#Cc1c(I)cnc(OC(F)(F)F)c1I. The monoisotopic (exact) mass is 440 g/mol. The van der Waals surface area contributed by atoms with Crippen LogP contribution >= 0.6 is 45.2 Å². The van der Waals surface area contributed by atoms with Crippen LogP contribution in [0, 0.1) is 18.5 Å². The molecule has 0 atom stereocenters. The first-order valence-corrected chi connectivity index (χ1v) is 5.50. The second kappa shape index (κ2) is 4.69. The molecule has 1 heterocycles. The van der Waals surface area contributed by atoms with Gasteiger partial charge in [-0.15, -0.1) is 13.2 Å². The maximum absolute atomic E-state index is 11.9. The first kappa shape index (κ1) is 12.8. The Balaban J connectivity index is 3.18. The van der Waals surface area contributed by atoms with Crippen LogP contribution < -0.4 is 4.74 Å². The van der Waals surface area contributed by atoms with Gasteiger partial charge < -0.3 is 4.74 Å². The van der Waals surface area contributed by atoms with Crippen molar-refractivity contribution in [3.63, 3.8) is 0 Å². The van der Waals surface area contributed by atoms with Crippen LogP contribution in [0.3, 0.4) is 0 Å². The lowest BCUT2D eigenvalue weighted by molar-refractivity contribution is -0.276. The third-order valence-corrected chi connectivity index (χ3v) is 3.08. The number of nitriles is 1. The maximum Gasteiger partial charge on any atom is 0.574 e. The van der Waals surface area contributed by atoms with Crippen LogP contribution in [-0.2, 0) is 0 Å². The molecule has 0 spiro atoms. The van der Waals surface area contributed by atoms with Gasteiger partial charge in [0, 0.05) is 6.20 Å². The van der Waals surface area contributed by atoms with E-state index in [0.29, 0.717) is 3.57 Å². The van der Waals surface area contributed by atoms with E-state index in [2.05, 4.69) is 9.72 Å². The van der Waals surface area contributed by atoms with Crippen LogP contribution in [0.5, 0.6) is 5.88 Å². The highest BCUT2D eigenvalue weighted by atomic mass is 127. The number of ether oxygens (including phenoxy) is 1. The summed E-state index contributed by atoms with van der Waals surface area (Å²) < 4.78 is 39.9. The zero-order valence-corrected chi connectivity index (χ0v) is 11.1. The molecule has 0 aliphatic carbocycles. The normalized spacial score (nSPS) is 10.9. The minimum Gasteiger partial charge on any atom is -0.387 e. The molecule has 0 N–H and O–H groups in total. The van der Waals surface area contributed by atoms with Crippen molar-refractivity contribution in [2.75, 3.05) is 0 Å². The summed E-state index contributed by atoms with van der Waals surface area (Å²) in [6, 6.07) is 1.79. The van der Waals surface area contributed by atoms with Crippen molar-refractivity contribution in [2.45, 2.75) is 6.36 Å². The smallest absolute Gasteiger partial charge is 0.387 e. The molecule has 1 rings (SSSR count). The van der Waals surface area contributed by atoms with E-state index in [4.69, 9.17) is 5.26 Å². The summed E-state index contributed by atoms with van der Waals surface area (Å²) in [5.41, 5.74) is 0.130. The van der Waals surface area contributed by atoms with Gasteiger partial charge in [0.1, 0.15) is 6.07 Å². The Labute approximate surface area is 110 Å². The zero-order valence-electron chi connectivity index (χ0n) is 6.77. The molecule has 0 radical (unpaired) electrons. The van der Waals surface area contributed by atoms with Gasteiger partial charge in [-0.1, -0.05) is 0 Å². The fourth-order valence-electron chi connectivity index (χ4n) is 0.732. The standard InChI is InChI=1S/C7HF3I2N2O/c8-7(9,10)15-6-5(12)3(1-13)4(11)2-14-6/h2H. The molecule has 0 aromatic carbocycles. The third kappa shape index (κ3) is 3.33. The van der Waals surface area contributed by atoms with Gasteiger partial charge in [0.25, 0.3) is 0 Å². The maximum atomic E-state index is 11.9. The Morgan fingerprint density at radius 1 is 1.40 bits per heavy atom. The number of rotatable bonds is 1. The van der Waals surface area contributed by atoms with Gasteiger partial charge in [0.05, 0.1) is 12.7 Å². The molecule has 8 heteroatoms. The number of alkyl halides is 3. The summed E-state index contributed by atoms with van der Waals surface area (Å²) in [5.74, 6) is -0.597. The van der Waals surface area contributed by atoms with E-state index in [1.807, 2.05) is 22.6 Å². The van der Waals surface area contributed by atoms with Crippen LogP contribution in [0.4, 0.5) is 13.2 Å². The number of hydrogen-bond acceptors (Lipinski definition) is 3. The summed E-state index contributed by atoms with van der Waals surface area (Å²) in [6.07, 6.45) is -3.64. The second-order valence-corrected chi connectivity index (χ2v) is 4.50. The minimum absolute atomic E-state index is 0.0549. The van der Waals surface area contributed by atoms with Crippen molar-refractivity contribution in [3.8, 4) is 11.9 Å². The number of hydrogen-bond donors (Lipinski definition) is 0. The van der Waals surface area contributed by atoms with E-state index in [9.17, 15) is 13.2 Å². The highest BCUT2D eigenvalue weighted by Gasteiger charge is 2.33. The van der Waals surface area contributed by atoms with Crippen LogP contribution in [-0.4, -0.2) is 11.3 Å². The highest BCUT2D eigenvalue weighted by Crippen LogP contribution is 2.29. The topological polar surface area (TPSA) is 45.9 Å². The van der Waals surface area contributed by atoms with E-state index >= 15 is 0 Å². The van der Waals surface area contributed by atoms with Crippen LogP contribution in [0.15, 0.2) is 6.20 Å². The molecular weight excluding hydrogens is 439 g/mol. The van der Waals surface area contributed by atoms with Crippen molar-refractivity contribution in [1.29, 1.82) is 5.26 Å². The fraction of sp³-hybridized carbons (Fsp3) is 0.143. The summed E-state index contributed by atoms with van der Waals surface area (Å²) in [4.78, 5) is 3.46. The summed E-state index contributed by atoms with van der Waals surface area (Å²) in [7, 11) is 0. The quantitative estimate of drug-likeness (QED) is 0.632. The highest BCUT2D eigenvalue weighted by molar-refractivity contribution is 14.1. The fourth-order valence-corrected chi connectivity index (χ4v) is 2.44. The summed E-state index contributed by atoms with van der Waals surface area (Å²) >= 11 is 3.41. The Morgan fingerprint density at radius 2 is 2.00 bits per heavy atom. The van der Waals surface area contributed by atoms with Gasteiger partial charge in [0.2, 0.25) is 5.88 Å². The minimum atomic E-state index is -4.80. The largest absolute Gasteiger partial charge is 0.574 e. The number of nitrogens with zero attached hydrogens (tertiary/aromatic N) is 2. The van der Waals surface area contributed by atoms with Crippen molar-refractivity contribution in [3.05, 3.63) is 18.9 Å². The molecule has 80 valence electrons. The molecular formula is C7HF3I2N2O. The predicted molar refractivity (Wildman–Crippen MR) is 61.1 cm³/mol. The third-order valence-electron chi connectivity index (χ3n) is 1.27. The van der Waals surface area contributed by atoms with Crippen molar-refractivity contribution >= 4 is 45.2 Å². The van der Waals surface area contributed by atoms with Crippen LogP contribution in [0.25, 0.3) is 0 Å². The Hall–Kier alpha value is -0.310. The molecule has 1 aromatic rings. The molecule has 0 aliphatic rings. The van der Waals surface area contributed by atoms with Crippen LogP contribution in [0.2, 0.25) is 0 Å². The van der Waals surface area contributed by atoms with Gasteiger partial charge in [-0.25, -0.2) is 4.98 Å². The summed E-state index contributed by atoms with van der Waals surface area (Å²) in [6.45, 7) is 0. The average molecular weight is 440 g/mol. The second-order valence-electron chi connectivity index (χ2n) is 2.26. The lowest BCUT2D eigenvalue weighted by Crippen LogP contribution is -2.19. The Morgan fingerprint density at radius 3 is 2.47 bits per heavy atom. The molecule has 0 amide bonds. The van der Waals surface area contributed by atoms with E-state index in [1.165, 1.54) is 0 Å². The Kier molecular flexibility index (Phi) is 3.99. The number of halogens is 5. The predicted octanol–water partition coefficient (Wildman–Crippen LogP) is 3.06. The van der Waals surface area contributed by atoms with E-state index in [1.54, 1.807) is 28.7 Å². The van der Waals surface area contributed by atoms with Crippen molar-refractivity contribution in [2.24, 2.45) is 0 Å². The van der Waals surface area contributed by atoms with Gasteiger partial charge >= 0.3 is 6.36 Å². The van der Waals surface area contributed by atoms with E-state index in [-0.39, 0.29) is 9.13 Å². The lowest BCUT2D eigenvalue weighted by Gasteiger charge is -2.10. The first-order valence-electron chi connectivity index (χ1n) is 3.35. The number of aromatic nitrogens is 1. The van der Waals surface area contributed by atoms with Gasteiger partial charge in [-0.3, -0.25) is 0 Å². The molecule has 0 unspecified atom stereocenters.